The molecule has 0 saturated heterocycles. The van der Waals surface area contributed by atoms with Crippen LogP contribution in [0.4, 0.5) is 0 Å². The van der Waals surface area contributed by atoms with Gasteiger partial charge in [0.15, 0.2) is 0 Å². The Morgan fingerprint density at radius 2 is 1.69 bits per heavy atom. The second-order valence-corrected chi connectivity index (χ2v) is 3.54. The first-order chi connectivity index (χ1) is 7.92. The van der Waals surface area contributed by atoms with Gasteiger partial charge in [-0.3, -0.25) is 0 Å². The number of hydrogen-bond donors (Lipinski definition) is 0. The van der Waals surface area contributed by atoms with E-state index < -0.39 is 0 Å². The third-order valence-electron chi connectivity index (χ3n) is 2.43. The fraction of sp³-hybridized carbons (Fsp3) is 0. The lowest BCUT2D eigenvalue weighted by atomic mass is 10.1. The van der Waals surface area contributed by atoms with Crippen LogP contribution in [0.3, 0.4) is 0 Å². The van der Waals surface area contributed by atoms with Gasteiger partial charge in [0.1, 0.15) is 5.75 Å². The Balaban J connectivity index is 1.99. The van der Waals surface area contributed by atoms with Crippen molar-refractivity contribution in [2.45, 2.75) is 0 Å². The first-order valence-corrected chi connectivity index (χ1v) is 5.12. The van der Waals surface area contributed by atoms with Crippen LogP contribution >= 0.6 is 0 Å². The maximum Gasteiger partial charge on any atom is 0.289 e. The summed E-state index contributed by atoms with van der Waals surface area (Å²) in [6.45, 7) is 0. The summed E-state index contributed by atoms with van der Waals surface area (Å²) in [4.78, 5) is 0. The van der Waals surface area contributed by atoms with Gasteiger partial charge in [-0.2, -0.15) is 0 Å². The Labute approximate surface area is 93.1 Å². The van der Waals surface area contributed by atoms with E-state index in [1.807, 2.05) is 30.3 Å². The van der Waals surface area contributed by atoms with Crippen LogP contribution in [0, 0.1) is 0 Å². The summed E-state index contributed by atoms with van der Waals surface area (Å²) in [7, 11) is 0. The lowest BCUT2D eigenvalue weighted by Gasteiger charge is -2.03. The smallest absolute Gasteiger partial charge is 0.289 e. The molecule has 78 valence electrons. The molecule has 2 aromatic carbocycles. The van der Waals surface area contributed by atoms with E-state index in [2.05, 4.69) is 12.1 Å². The van der Waals surface area contributed by atoms with E-state index in [9.17, 15) is 0 Å². The standard InChI is InChI=1S/C14H10O2/c1-2-5-12-10-13(8-7-11(12)4-1)16-14-6-3-9-15-14/h1-10H. The fourth-order valence-electron chi connectivity index (χ4n) is 1.67. The van der Waals surface area contributed by atoms with Crippen LogP contribution in [0.5, 0.6) is 11.7 Å². The van der Waals surface area contributed by atoms with Gasteiger partial charge in [-0.1, -0.05) is 30.3 Å². The van der Waals surface area contributed by atoms with Crippen molar-refractivity contribution in [3.05, 3.63) is 60.9 Å². The van der Waals surface area contributed by atoms with E-state index in [1.54, 1.807) is 18.4 Å². The number of benzene rings is 2. The molecule has 16 heavy (non-hydrogen) atoms. The normalized spacial score (nSPS) is 10.5. The van der Waals surface area contributed by atoms with Crippen LogP contribution in [-0.4, -0.2) is 0 Å². The number of hydrogen-bond acceptors (Lipinski definition) is 2. The van der Waals surface area contributed by atoms with Gasteiger partial charge in [0, 0.05) is 6.07 Å². The zero-order chi connectivity index (χ0) is 10.8. The molecular formula is C14H10O2. The van der Waals surface area contributed by atoms with E-state index in [-0.39, 0.29) is 0 Å². The average Bonchev–Trinajstić information content (AvgIpc) is 2.82. The fourth-order valence-corrected chi connectivity index (χ4v) is 1.67. The molecule has 1 aromatic heterocycles. The molecule has 2 nitrogen and oxygen atoms in total. The van der Waals surface area contributed by atoms with Crippen LogP contribution in [-0.2, 0) is 0 Å². The van der Waals surface area contributed by atoms with Crippen LogP contribution < -0.4 is 4.74 Å². The topological polar surface area (TPSA) is 22.4 Å². The quantitative estimate of drug-likeness (QED) is 0.631. The van der Waals surface area contributed by atoms with E-state index in [4.69, 9.17) is 9.15 Å². The maximum absolute atomic E-state index is 5.56. The zero-order valence-electron chi connectivity index (χ0n) is 8.59. The van der Waals surface area contributed by atoms with E-state index in [1.165, 1.54) is 5.39 Å². The highest BCUT2D eigenvalue weighted by molar-refractivity contribution is 5.83. The first kappa shape index (κ1) is 9.04. The van der Waals surface area contributed by atoms with Gasteiger partial charge in [0.05, 0.1) is 6.26 Å². The molecule has 3 rings (SSSR count). The van der Waals surface area contributed by atoms with Gasteiger partial charge >= 0.3 is 0 Å². The minimum atomic E-state index is 0.510. The molecule has 0 N–H and O–H groups in total. The van der Waals surface area contributed by atoms with Crippen molar-refractivity contribution >= 4 is 10.8 Å². The van der Waals surface area contributed by atoms with Crippen LogP contribution in [0.2, 0.25) is 0 Å². The molecular weight excluding hydrogens is 200 g/mol. The summed E-state index contributed by atoms with van der Waals surface area (Å²) < 4.78 is 10.7. The van der Waals surface area contributed by atoms with Crippen molar-refractivity contribution in [3.8, 4) is 11.7 Å². The number of fused-ring (bicyclic) bond motifs is 1. The Bertz CT molecular complexity index is 597. The highest BCUT2D eigenvalue weighted by Crippen LogP contribution is 2.25. The van der Waals surface area contributed by atoms with Crippen LogP contribution in [0.15, 0.2) is 65.3 Å². The first-order valence-electron chi connectivity index (χ1n) is 5.12. The van der Waals surface area contributed by atoms with Gasteiger partial charge in [0.2, 0.25) is 0 Å². The molecule has 0 spiro atoms. The van der Waals surface area contributed by atoms with Gasteiger partial charge in [-0.15, -0.1) is 0 Å². The Morgan fingerprint density at radius 1 is 0.812 bits per heavy atom. The highest BCUT2D eigenvalue weighted by atomic mass is 16.6. The Hall–Kier alpha value is -2.22. The lowest BCUT2D eigenvalue weighted by Crippen LogP contribution is -1.81. The van der Waals surface area contributed by atoms with E-state index >= 15 is 0 Å². The van der Waals surface area contributed by atoms with Gasteiger partial charge < -0.3 is 9.15 Å². The second-order valence-electron chi connectivity index (χ2n) is 3.54. The summed E-state index contributed by atoms with van der Waals surface area (Å²) >= 11 is 0. The predicted molar refractivity (Wildman–Crippen MR) is 62.7 cm³/mol. The summed E-state index contributed by atoms with van der Waals surface area (Å²) in [5, 5.41) is 2.36. The molecule has 3 aromatic rings. The molecule has 0 atom stereocenters. The lowest BCUT2D eigenvalue weighted by molar-refractivity contribution is 0.347. The highest BCUT2D eigenvalue weighted by Gasteiger charge is 2.00. The van der Waals surface area contributed by atoms with Crippen molar-refractivity contribution in [1.29, 1.82) is 0 Å². The summed E-state index contributed by atoms with van der Waals surface area (Å²) in [6.07, 6.45) is 1.59. The molecule has 1 heterocycles. The van der Waals surface area contributed by atoms with Crippen molar-refractivity contribution in [2.24, 2.45) is 0 Å². The molecule has 0 fully saturated rings. The molecule has 0 unspecified atom stereocenters. The van der Waals surface area contributed by atoms with E-state index in [0.717, 1.165) is 11.1 Å². The minimum absolute atomic E-state index is 0.510. The molecule has 0 aliphatic carbocycles. The third-order valence-corrected chi connectivity index (χ3v) is 2.43. The predicted octanol–water partition coefficient (Wildman–Crippen LogP) is 4.23. The van der Waals surface area contributed by atoms with E-state index in [0.29, 0.717) is 5.95 Å². The summed E-state index contributed by atoms with van der Waals surface area (Å²) in [5.41, 5.74) is 0. The summed E-state index contributed by atoms with van der Waals surface area (Å²) in [6, 6.07) is 17.7. The SMILES string of the molecule is c1coc(Oc2ccc3ccccc3c2)c1. The van der Waals surface area contributed by atoms with Crippen molar-refractivity contribution in [1.82, 2.24) is 0 Å². The second kappa shape index (κ2) is 3.74. The molecule has 0 aliphatic rings. The van der Waals surface area contributed by atoms with Gasteiger partial charge in [-0.05, 0) is 29.0 Å². The van der Waals surface area contributed by atoms with Gasteiger partial charge in [-0.25, -0.2) is 0 Å². The monoisotopic (exact) mass is 210 g/mol. The molecule has 0 bridgehead atoms. The summed E-state index contributed by atoms with van der Waals surface area (Å²) in [5.74, 6) is 1.30. The largest absolute Gasteiger partial charge is 0.434 e. The maximum atomic E-state index is 5.56. The minimum Gasteiger partial charge on any atom is -0.434 e. The van der Waals surface area contributed by atoms with Crippen molar-refractivity contribution < 1.29 is 9.15 Å². The molecule has 0 aliphatic heterocycles. The molecule has 0 saturated carbocycles. The third kappa shape index (κ3) is 1.65. The number of furan rings is 1. The number of rotatable bonds is 2. The van der Waals surface area contributed by atoms with Crippen LogP contribution in [0.1, 0.15) is 0 Å². The van der Waals surface area contributed by atoms with Gasteiger partial charge in [0.25, 0.3) is 5.95 Å². The Morgan fingerprint density at radius 3 is 2.50 bits per heavy atom. The van der Waals surface area contributed by atoms with Crippen LogP contribution in [0.25, 0.3) is 10.8 Å². The number of ether oxygens (including phenoxy) is 1. The van der Waals surface area contributed by atoms with Crippen molar-refractivity contribution in [2.75, 3.05) is 0 Å². The molecule has 0 radical (unpaired) electrons. The average molecular weight is 210 g/mol. The Kier molecular flexibility index (Phi) is 2.11. The molecule has 0 amide bonds. The molecule has 2 heteroatoms. The zero-order valence-corrected chi connectivity index (χ0v) is 8.59. The van der Waals surface area contributed by atoms with Crippen molar-refractivity contribution in [3.63, 3.8) is 0 Å².